The van der Waals surface area contributed by atoms with Gasteiger partial charge in [-0.3, -0.25) is 0 Å². The van der Waals surface area contributed by atoms with E-state index < -0.39 is 0 Å². The molecule has 0 nitrogen and oxygen atoms in total. The molecule has 0 aliphatic rings. The molecule has 0 aromatic heterocycles. The van der Waals surface area contributed by atoms with Gasteiger partial charge in [0.25, 0.3) is 0 Å². The zero-order chi connectivity index (χ0) is 9.84. The van der Waals surface area contributed by atoms with Crippen LogP contribution in [0.15, 0.2) is 24.3 Å². The lowest BCUT2D eigenvalue weighted by molar-refractivity contribution is 1.10. The first kappa shape index (κ1) is 11.7. The van der Waals surface area contributed by atoms with Crippen molar-refractivity contribution in [2.24, 2.45) is 0 Å². The maximum Gasteiger partial charge on any atom is 0.0492 e. The van der Waals surface area contributed by atoms with Gasteiger partial charge in [0, 0.05) is 15.0 Å². The highest BCUT2D eigenvalue weighted by atomic mass is 79.9. The molecular weight excluding hydrogens is 360 g/mol. The largest absolute Gasteiger partial charge is 0.0912 e. The Labute approximate surface area is 104 Å². The molecule has 0 saturated carbocycles. The Kier molecular flexibility index (Phi) is 4.98. The van der Waals surface area contributed by atoms with Crippen LogP contribution in [0, 0.1) is 0 Å². The van der Waals surface area contributed by atoms with Gasteiger partial charge in [-0.2, -0.15) is 0 Å². The SMILES string of the molecule is CC(Br)c1ccc(C(Br)CBr)cc1. The van der Waals surface area contributed by atoms with Crippen LogP contribution < -0.4 is 0 Å². The Balaban J connectivity index is 2.81. The molecule has 13 heavy (non-hydrogen) atoms. The lowest BCUT2D eigenvalue weighted by Crippen LogP contribution is -1.91. The van der Waals surface area contributed by atoms with E-state index >= 15 is 0 Å². The first-order valence-corrected chi connectivity index (χ1v) is 7.04. The lowest BCUT2D eigenvalue weighted by atomic mass is 10.1. The van der Waals surface area contributed by atoms with Gasteiger partial charge in [-0.05, 0) is 18.1 Å². The summed E-state index contributed by atoms with van der Waals surface area (Å²) in [6.45, 7) is 2.13. The smallest absolute Gasteiger partial charge is 0.0492 e. The van der Waals surface area contributed by atoms with Crippen LogP contribution in [0.4, 0.5) is 0 Å². The molecule has 3 heteroatoms. The van der Waals surface area contributed by atoms with Crippen molar-refractivity contribution in [1.29, 1.82) is 0 Å². The summed E-state index contributed by atoms with van der Waals surface area (Å²) in [6.07, 6.45) is 0. The number of halogens is 3. The second-order valence-corrected chi connectivity index (χ2v) is 6.03. The van der Waals surface area contributed by atoms with Crippen LogP contribution in [0.5, 0.6) is 0 Å². The molecule has 0 aliphatic heterocycles. The average Bonchev–Trinajstić information content (AvgIpc) is 2.17. The fraction of sp³-hybridized carbons (Fsp3) is 0.400. The van der Waals surface area contributed by atoms with Crippen molar-refractivity contribution in [3.8, 4) is 0 Å². The molecule has 1 aromatic carbocycles. The highest BCUT2D eigenvalue weighted by Gasteiger charge is 2.06. The van der Waals surface area contributed by atoms with Gasteiger partial charge in [0.1, 0.15) is 0 Å². The minimum Gasteiger partial charge on any atom is -0.0912 e. The summed E-state index contributed by atoms with van der Waals surface area (Å²) in [5.74, 6) is 0. The number of hydrogen-bond acceptors (Lipinski definition) is 0. The normalized spacial score (nSPS) is 15.4. The van der Waals surface area contributed by atoms with Crippen LogP contribution >= 0.6 is 47.8 Å². The molecule has 2 atom stereocenters. The fourth-order valence-corrected chi connectivity index (χ4v) is 2.04. The van der Waals surface area contributed by atoms with E-state index in [1.54, 1.807) is 0 Å². The van der Waals surface area contributed by atoms with Crippen LogP contribution in [0.3, 0.4) is 0 Å². The predicted octanol–water partition coefficient (Wildman–Crippen LogP) is 4.97. The van der Waals surface area contributed by atoms with Crippen molar-refractivity contribution in [3.05, 3.63) is 35.4 Å². The van der Waals surface area contributed by atoms with Crippen molar-refractivity contribution in [2.45, 2.75) is 16.6 Å². The highest BCUT2D eigenvalue weighted by molar-refractivity contribution is 9.12. The molecule has 1 rings (SSSR count). The summed E-state index contributed by atoms with van der Waals surface area (Å²) < 4.78 is 0. The molecule has 0 heterocycles. The predicted molar refractivity (Wildman–Crippen MR) is 69.2 cm³/mol. The van der Waals surface area contributed by atoms with Crippen LogP contribution in [-0.2, 0) is 0 Å². The molecule has 0 radical (unpaired) electrons. The van der Waals surface area contributed by atoms with Gasteiger partial charge < -0.3 is 0 Å². The second kappa shape index (κ2) is 5.52. The minimum atomic E-state index is 0.409. The van der Waals surface area contributed by atoms with E-state index in [1.807, 2.05) is 0 Å². The van der Waals surface area contributed by atoms with E-state index in [0.29, 0.717) is 9.65 Å². The summed E-state index contributed by atoms with van der Waals surface area (Å²) in [5.41, 5.74) is 2.63. The summed E-state index contributed by atoms with van der Waals surface area (Å²) in [7, 11) is 0. The fourth-order valence-electron chi connectivity index (χ4n) is 1.06. The van der Waals surface area contributed by atoms with Gasteiger partial charge in [-0.25, -0.2) is 0 Å². The number of rotatable bonds is 3. The number of benzene rings is 1. The zero-order valence-corrected chi connectivity index (χ0v) is 12.1. The Bertz CT molecular complexity index is 253. The van der Waals surface area contributed by atoms with Gasteiger partial charge in [0.15, 0.2) is 0 Å². The summed E-state index contributed by atoms with van der Waals surface area (Å²) in [5, 5.41) is 0.941. The first-order chi connectivity index (χ1) is 6.15. The Morgan fingerprint density at radius 3 is 1.92 bits per heavy atom. The molecule has 0 amide bonds. The molecule has 0 fully saturated rings. The molecule has 0 bridgehead atoms. The molecule has 0 saturated heterocycles. The molecule has 0 spiro atoms. The lowest BCUT2D eigenvalue weighted by Gasteiger charge is -2.08. The Morgan fingerprint density at radius 1 is 1.08 bits per heavy atom. The summed E-state index contributed by atoms with van der Waals surface area (Å²) >= 11 is 10.6. The third-order valence-corrected chi connectivity index (χ3v) is 4.79. The Hall–Kier alpha value is 0.660. The number of hydrogen-bond donors (Lipinski definition) is 0. The van der Waals surface area contributed by atoms with Crippen LogP contribution in [0.25, 0.3) is 0 Å². The third kappa shape index (κ3) is 3.37. The van der Waals surface area contributed by atoms with E-state index in [0.717, 1.165) is 5.33 Å². The quantitative estimate of drug-likeness (QED) is 0.659. The van der Waals surface area contributed by atoms with Gasteiger partial charge in [0.2, 0.25) is 0 Å². The Morgan fingerprint density at radius 2 is 1.54 bits per heavy atom. The van der Waals surface area contributed by atoms with Gasteiger partial charge in [-0.15, -0.1) is 0 Å². The topological polar surface area (TPSA) is 0 Å². The number of alkyl halides is 3. The zero-order valence-electron chi connectivity index (χ0n) is 7.31. The van der Waals surface area contributed by atoms with E-state index in [1.165, 1.54) is 11.1 Å². The second-order valence-electron chi connectivity index (χ2n) is 2.90. The molecule has 2 unspecified atom stereocenters. The average molecular weight is 371 g/mol. The molecule has 1 aromatic rings. The van der Waals surface area contributed by atoms with Gasteiger partial charge >= 0.3 is 0 Å². The molecule has 72 valence electrons. The third-order valence-electron chi connectivity index (χ3n) is 1.89. The first-order valence-electron chi connectivity index (χ1n) is 4.09. The maximum absolute atomic E-state index is 3.59. The van der Waals surface area contributed by atoms with Crippen molar-refractivity contribution in [3.63, 3.8) is 0 Å². The molecule has 0 N–H and O–H groups in total. The van der Waals surface area contributed by atoms with Crippen molar-refractivity contribution in [2.75, 3.05) is 5.33 Å². The molecular formula is C10H11Br3. The van der Waals surface area contributed by atoms with Crippen molar-refractivity contribution >= 4 is 47.8 Å². The van der Waals surface area contributed by atoms with Gasteiger partial charge in [-0.1, -0.05) is 72.1 Å². The van der Waals surface area contributed by atoms with Crippen LogP contribution in [-0.4, -0.2) is 5.33 Å². The van der Waals surface area contributed by atoms with Crippen molar-refractivity contribution < 1.29 is 0 Å². The van der Waals surface area contributed by atoms with E-state index in [9.17, 15) is 0 Å². The molecule has 0 aliphatic carbocycles. The van der Waals surface area contributed by atoms with E-state index in [2.05, 4.69) is 79.0 Å². The van der Waals surface area contributed by atoms with Crippen LogP contribution in [0.1, 0.15) is 27.7 Å². The summed E-state index contributed by atoms with van der Waals surface area (Å²) in [6, 6.07) is 8.64. The standard InChI is InChI=1S/C10H11Br3/c1-7(12)8-2-4-9(5-3-8)10(13)6-11/h2-5,7,10H,6H2,1H3. The monoisotopic (exact) mass is 368 g/mol. The summed E-state index contributed by atoms with van der Waals surface area (Å²) in [4.78, 5) is 0.839. The van der Waals surface area contributed by atoms with Crippen molar-refractivity contribution in [1.82, 2.24) is 0 Å². The van der Waals surface area contributed by atoms with Crippen LogP contribution in [0.2, 0.25) is 0 Å². The minimum absolute atomic E-state index is 0.409. The maximum atomic E-state index is 3.59. The van der Waals surface area contributed by atoms with E-state index in [-0.39, 0.29) is 0 Å². The van der Waals surface area contributed by atoms with Gasteiger partial charge in [0.05, 0.1) is 0 Å². The highest BCUT2D eigenvalue weighted by Crippen LogP contribution is 2.27. The van der Waals surface area contributed by atoms with E-state index in [4.69, 9.17) is 0 Å².